The summed E-state index contributed by atoms with van der Waals surface area (Å²) in [6, 6.07) is 4.62. The molecule has 0 saturated heterocycles. The molecule has 144 valence electrons. The van der Waals surface area contributed by atoms with Crippen molar-refractivity contribution >= 4 is 34.8 Å². The van der Waals surface area contributed by atoms with Crippen LogP contribution in [0.1, 0.15) is 27.0 Å². The van der Waals surface area contributed by atoms with Crippen molar-refractivity contribution in [2.45, 2.75) is 20.3 Å². The van der Waals surface area contributed by atoms with Crippen LogP contribution < -0.4 is 10.6 Å². The molecule has 6 nitrogen and oxygen atoms in total. The third kappa shape index (κ3) is 5.85. The number of ether oxygens (including phenoxy) is 1. The van der Waals surface area contributed by atoms with E-state index in [0.29, 0.717) is 4.88 Å². The number of hydrogen-bond donors (Lipinski definition) is 2. The molecule has 27 heavy (non-hydrogen) atoms. The van der Waals surface area contributed by atoms with Crippen LogP contribution in [0.2, 0.25) is 0 Å². The highest BCUT2D eigenvalue weighted by Gasteiger charge is 2.15. The van der Waals surface area contributed by atoms with Gasteiger partial charge in [0.1, 0.15) is 4.88 Å². The number of thiophene rings is 1. The van der Waals surface area contributed by atoms with Gasteiger partial charge in [-0.2, -0.15) is 0 Å². The molecule has 0 radical (unpaired) electrons. The Hall–Kier alpha value is -2.81. The van der Waals surface area contributed by atoms with Crippen molar-refractivity contribution in [1.29, 1.82) is 0 Å². The molecule has 0 fully saturated rings. The fourth-order valence-corrected chi connectivity index (χ4v) is 3.19. The number of anilines is 1. The normalized spacial score (nSPS) is 10.4. The summed E-state index contributed by atoms with van der Waals surface area (Å²) in [6.45, 7) is 2.94. The van der Waals surface area contributed by atoms with Gasteiger partial charge in [-0.1, -0.05) is 6.92 Å². The number of rotatable bonds is 7. The smallest absolute Gasteiger partial charge is 0.348 e. The molecule has 0 aliphatic carbocycles. The van der Waals surface area contributed by atoms with Crippen LogP contribution in [0.15, 0.2) is 24.3 Å². The zero-order valence-electron chi connectivity index (χ0n) is 14.7. The zero-order valence-corrected chi connectivity index (χ0v) is 15.5. The van der Waals surface area contributed by atoms with Gasteiger partial charge in [-0.3, -0.25) is 9.59 Å². The molecule has 0 aliphatic heterocycles. The molecular formula is C18H18F2N2O4S. The summed E-state index contributed by atoms with van der Waals surface area (Å²) in [4.78, 5) is 36.7. The van der Waals surface area contributed by atoms with E-state index >= 15 is 0 Å². The van der Waals surface area contributed by atoms with Crippen LogP contribution >= 0.6 is 11.3 Å². The van der Waals surface area contributed by atoms with E-state index in [1.54, 1.807) is 6.07 Å². The van der Waals surface area contributed by atoms with Crippen molar-refractivity contribution in [2.24, 2.45) is 0 Å². The fraction of sp³-hybridized carbons (Fsp3) is 0.278. The Morgan fingerprint density at radius 1 is 1.11 bits per heavy atom. The second kappa shape index (κ2) is 9.22. The number of hydrogen-bond acceptors (Lipinski definition) is 5. The summed E-state index contributed by atoms with van der Waals surface area (Å²) in [5, 5.41) is 4.58. The molecule has 0 unspecified atom stereocenters. The van der Waals surface area contributed by atoms with Gasteiger partial charge in [-0.25, -0.2) is 13.6 Å². The van der Waals surface area contributed by atoms with E-state index in [0.717, 1.165) is 29.0 Å². The summed E-state index contributed by atoms with van der Waals surface area (Å²) < 4.78 is 30.8. The fourth-order valence-electron chi connectivity index (χ4n) is 2.18. The van der Waals surface area contributed by atoms with E-state index < -0.39 is 42.6 Å². The lowest BCUT2D eigenvalue weighted by molar-refractivity contribution is -0.126. The van der Waals surface area contributed by atoms with Crippen molar-refractivity contribution in [3.63, 3.8) is 0 Å². The van der Waals surface area contributed by atoms with Gasteiger partial charge in [0.25, 0.3) is 5.91 Å². The summed E-state index contributed by atoms with van der Waals surface area (Å²) >= 11 is 1.29. The number of nitrogens with one attached hydrogen (secondary N) is 2. The summed E-state index contributed by atoms with van der Waals surface area (Å²) in [5.74, 6) is -4.03. The average molecular weight is 396 g/mol. The van der Waals surface area contributed by atoms with Crippen LogP contribution in [0.25, 0.3) is 0 Å². The highest BCUT2D eigenvalue weighted by atomic mass is 32.1. The minimum absolute atomic E-state index is 0.0550. The first-order chi connectivity index (χ1) is 12.8. The van der Waals surface area contributed by atoms with E-state index in [1.165, 1.54) is 17.4 Å². The molecule has 2 rings (SSSR count). The molecule has 1 aromatic heterocycles. The lowest BCUT2D eigenvalue weighted by Gasteiger charge is -2.07. The molecule has 1 aromatic carbocycles. The van der Waals surface area contributed by atoms with Gasteiger partial charge < -0.3 is 15.4 Å². The zero-order chi connectivity index (χ0) is 20.0. The number of benzene rings is 1. The number of esters is 1. The molecule has 0 spiro atoms. The molecule has 0 atom stereocenters. The van der Waals surface area contributed by atoms with Crippen LogP contribution in [-0.4, -0.2) is 30.9 Å². The van der Waals surface area contributed by atoms with Crippen LogP contribution in [0.5, 0.6) is 0 Å². The van der Waals surface area contributed by atoms with Crippen molar-refractivity contribution in [3.05, 3.63) is 51.2 Å². The van der Waals surface area contributed by atoms with Crippen LogP contribution in [0.4, 0.5) is 14.5 Å². The molecule has 9 heteroatoms. The number of halogens is 2. The van der Waals surface area contributed by atoms with Crippen molar-refractivity contribution in [3.8, 4) is 0 Å². The van der Waals surface area contributed by atoms with Gasteiger partial charge in [0, 0.05) is 16.6 Å². The Morgan fingerprint density at radius 2 is 1.85 bits per heavy atom. The quantitative estimate of drug-likeness (QED) is 0.705. The molecule has 1 heterocycles. The van der Waals surface area contributed by atoms with E-state index in [2.05, 4.69) is 10.6 Å². The maximum absolute atomic E-state index is 13.1. The van der Waals surface area contributed by atoms with E-state index in [4.69, 9.17) is 4.74 Å². The highest BCUT2D eigenvalue weighted by molar-refractivity contribution is 7.14. The van der Waals surface area contributed by atoms with Crippen LogP contribution in [0, 0.1) is 18.6 Å². The number of amides is 2. The van der Waals surface area contributed by atoms with Gasteiger partial charge in [-0.05, 0) is 37.1 Å². The Kier molecular flexibility index (Phi) is 7.00. The topological polar surface area (TPSA) is 84.5 Å². The van der Waals surface area contributed by atoms with Gasteiger partial charge in [-0.15, -0.1) is 11.3 Å². The van der Waals surface area contributed by atoms with Gasteiger partial charge in [0.2, 0.25) is 5.91 Å². The summed E-state index contributed by atoms with van der Waals surface area (Å²) in [6.07, 6.45) is 0.795. The second-order valence-electron chi connectivity index (χ2n) is 5.58. The molecule has 2 N–H and O–H groups in total. The molecule has 0 bridgehead atoms. The predicted molar refractivity (Wildman–Crippen MR) is 96.7 cm³/mol. The maximum atomic E-state index is 13.1. The minimum Gasteiger partial charge on any atom is -0.451 e. The summed E-state index contributed by atoms with van der Waals surface area (Å²) in [7, 11) is 0. The SMILES string of the molecule is CCc1cc(C(=O)OCC(=O)NCC(=O)Nc2ccc(F)c(F)c2)sc1C. The third-order valence-electron chi connectivity index (χ3n) is 3.59. The van der Waals surface area contributed by atoms with Gasteiger partial charge in [0.15, 0.2) is 18.2 Å². The third-order valence-corrected chi connectivity index (χ3v) is 4.66. The number of carbonyl (C=O) groups is 3. The molecular weight excluding hydrogens is 378 g/mol. The number of aryl methyl sites for hydroxylation is 2. The Morgan fingerprint density at radius 3 is 2.48 bits per heavy atom. The van der Waals surface area contributed by atoms with Crippen molar-refractivity contribution in [1.82, 2.24) is 5.32 Å². The average Bonchev–Trinajstić information content (AvgIpc) is 3.02. The van der Waals surface area contributed by atoms with Gasteiger partial charge >= 0.3 is 5.97 Å². The van der Waals surface area contributed by atoms with E-state index in [9.17, 15) is 23.2 Å². The Labute approximate surface area is 158 Å². The lowest BCUT2D eigenvalue weighted by Crippen LogP contribution is -2.35. The van der Waals surface area contributed by atoms with Crippen LogP contribution in [0.3, 0.4) is 0 Å². The van der Waals surface area contributed by atoms with Gasteiger partial charge in [0.05, 0.1) is 6.54 Å². The Balaban J connectivity index is 1.75. The predicted octanol–water partition coefficient (Wildman–Crippen LogP) is 2.81. The first-order valence-corrected chi connectivity index (χ1v) is 8.89. The van der Waals surface area contributed by atoms with E-state index in [1.807, 2.05) is 13.8 Å². The van der Waals surface area contributed by atoms with Crippen LogP contribution in [-0.2, 0) is 20.7 Å². The van der Waals surface area contributed by atoms with Crippen molar-refractivity contribution in [2.75, 3.05) is 18.5 Å². The second-order valence-corrected chi connectivity index (χ2v) is 6.83. The summed E-state index contributed by atoms with van der Waals surface area (Å²) in [5.41, 5.74) is 1.10. The molecule has 0 saturated carbocycles. The minimum atomic E-state index is -1.10. The first-order valence-electron chi connectivity index (χ1n) is 8.08. The lowest BCUT2D eigenvalue weighted by atomic mass is 10.2. The highest BCUT2D eigenvalue weighted by Crippen LogP contribution is 2.22. The molecule has 2 amide bonds. The first kappa shape index (κ1) is 20.5. The monoisotopic (exact) mass is 396 g/mol. The number of carbonyl (C=O) groups excluding carboxylic acids is 3. The Bertz CT molecular complexity index is 867. The van der Waals surface area contributed by atoms with Crippen molar-refractivity contribution < 1.29 is 27.9 Å². The van der Waals surface area contributed by atoms with E-state index in [-0.39, 0.29) is 5.69 Å². The molecule has 0 aliphatic rings. The maximum Gasteiger partial charge on any atom is 0.348 e. The largest absolute Gasteiger partial charge is 0.451 e. The standard InChI is InChI=1S/C18H18F2N2O4S/c1-3-11-6-15(27-10(11)2)18(25)26-9-17(24)21-8-16(23)22-12-4-5-13(19)14(20)7-12/h4-7H,3,8-9H2,1-2H3,(H,21,24)(H,22,23). The molecule has 2 aromatic rings.